The number of benzene rings is 1. The fourth-order valence-corrected chi connectivity index (χ4v) is 3.85. The highest BCUT2D eigenvalue weighted by Crippen LogP contribution is 2.32. The Hall–Kier alpha value is -2.92. The van der Waals surface area contributed by atoms with Gasteiger partial charge in [-0.25, -0.2) is 9.97 Å². The number of nitrogens with one attached hydrogen (secondary N) is 3. The fraction of sp³-hybridized carbons (Fsp3) is 0.278. The van der Waals surface area contributed by atoms with Crippen molar-refractivity contribution in [2.75, 3.05) is 18.4 Å². The molecule has 0 bridgehead atoms. The Labute approximate surface area is 167 Å². The van der Waals surface area contributed by atoms with E-state index in [0.29, 0.717) is 26.7 Å². The molecule has 11 heteroatoms. The largest absolute Gasteiger partial charge is 0.573 e. The summed E-state index contributed by atoms with van der Waals surface area (Å²) in [5.41, 5.74) is 0.978. The van der Waals surface area contributed by atoms with Gasteiger partial charge in [-0.15, -0.1) is 13.2 Å². The number of rotatable bonds is 5. The van der Waals surface area contributed by atoms with Crippen LogP contribution >= 0.6 is 11.3 Å². The van der Waals surface area contributed by atoms with Crippen molar-refractivity contribution in [1.82, 2.24) is 20.6 Å². The van der Waals surface area contributed by atoms with Gasteiger partial charge in [0.25, 0.3) is 5.91 Å². The van der Waals surface area contributed by atoms with E-state index >= 15 is 0 Å². The maximum absolute atomic E-state index is 12.4. The van der Waals surface area contributed by atoms with Crippen molar-refractivity contribution in [3.8, 4) is 5.75 Å². The van der Waals surface area contributed by atoms with Crippen molar-refractivity contribution in [2.45, 2.75) is 18.8 Å². The van der Waals surface area contributed by atoms with E-state index in [0.717, 1.165) is 30.8 Å². The quantitative estimate of drug-likeness (QED) is 0.583. The summed E-state index contributed by atoms with van der Waals surface area (Å²) < 4.78 is 41.6. The number of amides is 1. The molecule has 1 aliphatic heterocycles. The number of hydrogen-bond acceptors (Lipinski definition) is 7. The molecule has 1 atom stereocenters. The highest BCUT2D eigenvalue weighted by Gasteiger charge is 2.31. The third-order valence-electron chi connectivity index (χ3n) is 4.25. The van der Waals surface area contributed by atoms with Crippen molar-refractivity contribution in [3.63, 3.8) is 0 Å². The Balaban J connectivity index is 1.48. The molecule has 3 aromatic rings. The Morgan fingerprint density at radius 3 is 2.90 bits per heavy atom. The molecule has 4 rings (SSSR count). The van der Waals surface area contributed by atoms with E-state index in [2.05, 4.69) is 30.7 Å². The average molecular weight is 423 g/mol. The molecule has 0 spiro atoms. The molecule has 1 aromatic carbocycles. The number of aromatic nitrogens is 2. The van der Waals surface area contributed by atoms with Gasteiger partial charge in [-0.3, -0.25) is 4.79 Å². The average Bonchev–Trinajstić information content (AvgIpc) is 3.29. The zero-order valence-electron chi connectivity index (χ0n) is 14.9. The van der Waals surface area contributed by atoms with Gasteiger partial charge in [0.15, 0.2) is 5.13 Å². The molecule has 0 radical (unpaired) electrons. The molecule has 1 fully saturated rings. The van der Waals surface area contributed by atoms with Crippen LogP contribution in [0.2, 0.25) is 0 Å². The van der Waals surface area contributed by atoms with Crippen LogP contribution in [-0.4, -0.2) is 41.4 Å². The summed E-state index contributed by atoms with van der Waals surface area (Å²) in [5, 5.41) is 9.57. The highest BCUT2D eigenvalue weighted by molar-refractivity contribution is 7.22. The maximum atomic E-state index is 12.4. The monoisotopic (exact) mass is 423 g/mol. The number of carbonyl (C=O) groups is 1. The van der Waals surface area contributed by atoms with Crippen LogP contribution < -0.4 is 20.7 Å². The third-order valence-corrected chi connectivity index (χ3v) is 5.18. The minimum absolute atomic E-state index is 0.101. The minimum atomic E-state index is -4.75. The number of fused-ring (bicyclic) bond motifs is 1. The summed E-state index contributed by atoms with van der Waals surface area (Å²) in [4.78, 5) is 20.9. The molecule has 0 aliphatic carbocycles. The van der Waals surface area contributed by atoms with Gasteiger partial charge in [-0.2, -0.15) is 0 Å². The lowest BCUT2D eigenvalue weighted by Crippen LogP contribution is -2.36. The van der Waals surface area contributed by atoms with Crippen LogP contribution in [0.5, 0.6) is 5.75 Å². The highest BCUT2D eigenvalue weighted by atomic mass is 32.1. The predicted octanol–water partition coefficient (Wildman–Crippen LogP) is 3.43. The predicted molar refractivity (Wildman–Crippen MR) is 103 cm³/mol. The Morgan fingerprint density at radius 1 is 1.28 bits per heavy atom. The van der Waals surface area contributed by atoms with Crippen LogP contribution in [0.1, 0.15) is 16.8 Å². The lowest BCUT2D eigenvalue weighted by molar-refractivity contribution is -0.274. The first-order valence-corrected chi connectivity index (χ1v) is 9.58. The second kappa shape index (κ2) is 7.84. The van der Waals surface area contributed by atoms with E-state index in [-0.39, 0.29) is 17.7 Å². The van der Waals surface area contributed by atoms with E-state index < -0.39 is 6.36 Å². The Kier molecular flexibility index (Phi) is 5.24. The van der Waals surface area contributed by atoms with Gasteiger partial charge in [0.2, 0.25) is 0 Å². The summed E-state index contributed by atoms with van der Waals surface area (Å²) in [6, 6.07) is 7.25. The van der Waals surface area contributed by atoms with Crippen LogP contribution in [-0.2, 0) is 0 Å². The van der Waals surface area contributed by atoms with Gasteiger partial charge in [-0.1, -0.05) is 11.3 Å². The number of pyridine rings is 1. The van der Waals surface area contributed by atoms with Crippen molar-refractivity contribution in [1.29, 1.82) is 0 Å². The Bertz CT molecular complexity index is 1030. The number of carbonyl (C=O) groups excluding carboxylic acids is 1. The topological polar surface area (TPSA) is 88.2 Å². The number of ether oxygens (including phenoxy) is 1. The molecule has 152 valence electrons. The van der Waals surface area contributed by atoms with Gasteiger partial charge in [0, 0.05) is 30.4 Å². The van der Waals surface area contributed by atoms with Gasteiger partial charge in [0.1, 0.15) is 11.6 Å². The van der Waals surface area contributed by atoms with E-state index in [1.54, 1.807) is 12.1 Å². The number of hydrogen-bond donors (Lipinski definition) is 3. The summed E-state index contributed by atoms with van der Waals surface area (Å²) in [6.45, 7) is 1.62. The number of halogens is 3. The van der Waals surface area contributed by atoms with Crippen LogP contribution in [0.3, 0.4) is 0 Å². The van der Waals surface area contributed by atoms with Crippen molar-refractivity contribution < 1.29 is 22.7 Å². The third kappa shape index (κ3) is 4.93. The van der Waals surface area contributed by atoms with Crippen LogP contribution in [0.25, 0.3) is 10.2 Å². The normalized spacial score (nSPS) is 16.7. The molecular formula is C18H16F3N5O2S. The number of alkyl halides is 3. The second-order valence-electron chi connectivity index (χ2n) is 6.41. The first kappa shape index (κ1) is 19.4. The van der Waals surface area contributed by atoms with Crippen molar-refractivity contribution in [2.24, 2.45) is 0 Å². The smallest absolute Gasteiger partial charge is 0.406 e. The molecule has 7 nitrogen and oxygen atoms in total. The lowest BCUT2D eigenvalue weighted by Gasteiger charge is -2.11. The molecule has 2 aromatic heterocycles. The summed E-state index contributed by atoms with van der Waals surface area (Å²) in [7, 11) is 0. The number of thiazole rings is 1. The van der Waals surface area contributed by atoms with Gasteiger partial charge in [-0.05, 0) is 37.2 Å². The van der Waals surface area contributed by atoms with Gasteiger partial charge in [0.05, 0.1) is 10.2 Å². The van der Waals surface area contributed by atoms with Crippen LogP contribution in [0.4, 0.5) is 24.1 Å². The molecule has 3 heterocycles. The maximum Gasteiger partial charge on any atom is 0.573 e. The fourth-order valence-electron chi connectivity index (χ4n) is 2.95. The van der Waals surface area contributed by atoms with Crippen LogP contribution in [0.15, 0.2) is 36.5 Å². The zero-order valence-corrected chi connectivity index (χ0v) is 15.7. The van der Waals surface area contributed by atoms with E-state index in [4.69, 9.17) is 0 Å². The Morgan fingerprint density at radius 2 is 2.14 bits per heavy atom. The van der Waals surface area contributed by atoms with Gasteiger partial charge < -0.3 is 20.7 Å². The molecule has 3 N–H and O–H groups in total. The molecule has 1 amide bonds. The van der Waals surface area contributed by atoms with Gasteiger partial charge >= 0.3 is 6.36 Å². The number of nitrogens with zero attached hydrogens (tertiary/aromatic N) is 2. The molecule has 1 saturated heterocycles. The molecule has 0 saturated carbocycles. The van der Waals surface area contributed by atoms with E-state index in [9.17, 15) is 18.0 Å². The molecule has 1 aliphatic rings. The van der Waals surface area contributed by atoms with Crippen molar-refractivity contribution in [3.05, 3.63) is 42.1 Å². The van der Waals surface area contributed by atoms with E-state index in [1.165, 1.54) is 24.4 Å². The lowest BCUT2D eigenvalue weighted by atomic mass is 10.2. The van der Waals surface area contributed by atoms with Crippen LogP contribution in [0, 0.1) is 0 Å². The molecule has 29 heavy (non-hydrogen) atoms. The first-order valence-electron chi connectivity index (χ1n) is 8.77. The summed E-state index contributed by atoms with van der Waals surface area (Å²) >= 11 is 1.15. The van der Waals surface area contributed by atoms with Crippen molar-refractivity contribution >= 4 is 38.4 Å². The van der Waals surface area contributed by atoms with E-state index in [1.807, 2.05) is 0 Å². The molecule has 1 unspecified atom stereocenters. The molecular weight excluding hydrogens is 407 g/mol. The minimum Gasteiger partial charge on any atom is -0.406 e. The first-order chi connectivity index (χ1) is 13.9. The standard InChI is InChI=1S/C18H16F3N5O2S/c19-18(20,21)28-12-1-2-13-14(8-12)29-17(25-13)26-15-7-10(3-6-23-15)16(27)24-11-4-5-22-9-11/h1-3,6-8,11,22H,4-5,9H2,(H,24,27)(H,23,25,26). The SMILES string of the molecule is O=C(NC1CCNC1)c1ccnc(Nc2nc3ccc(OC(F)(F)F)cc3s2)c1. The number of anilines is 2. The summed E-state index contributed by atoms with van der Waals surface area (Å²) in [6.07, 6.45) is -2.36. The zero-order chi connectivity index (χ0) is 20.4. The second-order valence-corrected chi connectivity index (χ2v) is 7.44. The summed E-state index contributed by atoms with van der Waals surface area (Å²) in [5.74, 6) is -0.0891.